The molecule has 3 atom stereocenters. The van der Waals surface area contributed by atoms with Gasteiger partial charge in [-0.05, 0) is 31.9 Å². The summed E-state index contributed by atoms with van der Waals surface area (Å²) in [4.78, 5) is 50.5. The average molecular weight is 388 g/mol. The van der Waals surface area contributed by atoms with Crippen LogP contribution < -0.4 is 10.1 Å². The number of nitrogens with one attached hydrogen (secondary N) is 1. The third kappa shape index (κ3) is 3.85. The first-order chi connectivity index (χ1) is 13.4. The number of rotatable bonds is 6. The Kier molecular flexibility index (Phi) is 5.96. The maximum atomic E-state index is 12.6. The Balaban J connectivity index is 1.56. The molecule has 0 radical (unpaired) electrons. The summed E-state index contributed by atoms with van der Waals surface area (Å²) in [6.45, 7) is 0.928. The average Bonchev–Trinajstić information content (AvgIpc) is 2.96. The Morgan fingerprint density at radius 1 is 1.14 bits per heavy atom. The molecule has 8 nitrogen and oxygen atoms in total. The minimum atomic E-state index is -1.05. The zero-order chi connectivity index (χ0) is 20.3. The number of imide groups is 1. The third-order valence-electron chi connectivity index (χ3n) is 5.33. The fraction of sp³-hybridized carbons (Fsp3) is 0.500. The quantitative estimate of drug-likeness (QED) is 0.588. The number of ether oxygens (including phenoxy) is 2. The van der Waals surface area contributed by atoms with Gasteiger partial charge >= 0.3 is 5.97 Å². The molecule has 3 amide bonds. The second kappa shape index (κ2) is 8.41. The lowest BCUT2D eigenvalue weighted by Crippen LogP contribution is -2.45. The highest BCUT2D eigenvalue weighted by Crippen LogP contribution is 2.38. The van der Waals surface area contributed by atoms with E-state index in [9.17, 15) is 19.2 Å². The number of carbonyl (C=O) groups excluding carboxylic acids is 4. The number of methoxy groups -OCH3 is 1. The lowest BCUT2D eigenvalue weighted by atomic mass is 9.81. The smallest absolute Gasteiger partial charge is 0.329 e. The summed E-state index contributed by atoms with van der Waals surface area (Å²) in [5.74, 6) is -2.12. The van der Waals surface area contributed by atoms with E-state index in [0.29, 0.717) is 24.3 Å². The van der Waals surface area contributed by atoms with Crippen LogP contribution in [-0.2, 0) is 23.9 Å². The Hall–Kier alpha value is -2.90. The number of amides is 3. The van der Waals surface area contributed by atoms with E-state index in [4.69, 9.17) is 9.47 Å². The van der Waals surface area contributed by atoms with Gasteiger partial charge in [-0.25, -0.2) is 4.79 Å². The summed E-state index contributed by atoms with van der Waals surface area (Å²) in [6, 6.07) is 5.79. The predicted molar refractivity (Wildman–Crippen MR) is 99.3 cm³/mol. The topological polar surface area (TPSA) is 102 Å². The predicted octanol–water partition coefficient (Wildman–Crippen LogP) is 1.74. The second-order valence-electron chi connectivity index (χ2n) is 7.08. The van der Waals surface area contributed by atoms with Gasteiger partial charge in [0, 0.05) is 0 Å². The van der Waals surface area contributed by atoms with Crippen LogP contribution in [0.2, 0.25) is 0 Å². The number of anilines is 1. The van der Waals surface area contributed by atoms with Crippen molar-refractivity contribution in [1.82, 2.24) is 4.90 Å². The van der Waals surface area contributed by atoms with Crippen LogP contribution in [0.25, 0.3) is 0 Å². The van der Waals surface area contributed by atoms with Crippen molar-refractivity contribution in [2.24, 2.45) is 11.8 Å². The highest BCUT2D eigenvalue weighted by atomic mass is 16.5. The van der Waals surface area contributed by atoms with E-state index in [2.05, 4.69) is 5.32 Å². The molecule has 0 bridgehead atoms. The van der Waals surface area contributed by atoms with E-state index in [1.54, 1.807) is 24.3 Å². The third-order valence-corrected chi connectivity index (χ3v) is 5.33. The summed E-state index contributed by atoms with van der Waals surface area (Å²) in [6.07, 6.45) is 3.18. The van der Waals surface area contributed by atoms with E-state index in [-0.39, 0.29) is 23.7 Å². The van der Waals surface area contributed by atoms with Crippen LogP contribution in [-0.4, -0.2) is 48.3 Å². The fourth-order valence-corrected chi connectivity index (χ4v) is 3.87. The van der Waals surface area contributed by atoms with Crippen molar-refractivity contribution >= 4 is 29.4 Å². The molecular weight excluding hydrogens is 364 g/mol. The lowest BCUT2D eigenvalue weighted by Gasteiger charge is -2.21. The number of para-hydroxylation sites is 2. The van der Waals surface area contributed by atoms with Crippen LogP contribution in [0.1, 0.15) is 32.6 Å². The van der Waals surface area contributed by atoms with Crippen LogP contribution in [0, 0.1) is 11.8 Å². The molecule has 1 aliphatic heterocycles. The molecule has 1 saturated heterocycles. The largest absolute Gasteiger partial charge is 0.495 e. The molecule has 0 aromatic heterocycles. The van der Waals surface area contributed by atoms with Crippen LogP contribution in [0.5, 0.6) is 5.75 Å². The van der Waals surface area contributed by atoms with Crippen LogP contribution >= 0.6 is 0 Å². The molecule has 0 spiro atoms. The first-order valence-electron chi connectivity index (χ1n) is 9.40. The van der Waals surface area contributed by atoms with Gasteiger partial charge in [0.05, 0.1) is 24.6 Å². The zero-order valence-corrected chi connectivity index (χ0v) is 16.0. The number of esters is 1. The normalized spacial score (nSPS) is 22.4. The van der Waals surface area contributed by atoms with Crippen LogP contribution in [0.4, 0.5) is 5.69 Å². The molecule has 1 saturated carbocycles. The van der Waals surface area contributed by atoms with Gasteiger partial charge in [0.1, 0.15) is 11.8 Å². The fourth-order valence-electron chi connectivity index (χ4n) is 3.87. The van der Waals surface area contributed by atoms with Gasteiger partial charge in [-0.3, -0.25) is 19.3 Å². The number of nitrogens with zero attached hydrogens (tertiary/aromatic N) is 1. The van der Waals surface area contributed by atoms with Gasteiger partial charge in [-0.2, -0.15) is 0 Å². The highest BCUT2D eigenvalue weighted by molar-refractivity contribution is 6.08. The molecule has 1 aliphatic carbocycles. The first-order valence-corrected chi connectivity index (χ1v) is 9.40. The molecular formula is C20H24N2O6. The molecule has 3 rings (SSSR count). The van der Waals surface area contributed by atoms with Crippen molar-refractivity contribution in [1.29, 1.82) is 0 Å². The number of fused-ring (bicyclic) bond motifs is 1. The van der Waals surface area contributed by atoms with Gasteiger partial charge in [0.2, 0.25) is 11.8 Å². The van der Waals surface area contributed by atoms with Crippen LogP contribution in [0.15, 0.2) is 24.3 Å². The first kappa shape index (κ1) is 19.9. The summed E-state index contributed by atoms with van der Waals surface area (Å²) < 4.78 is 10.2. The van der Waals surface area contributed by atoms with E-state index in [0.717, 1.165) is 17.7 Å². The Morgan fingerprint density at radius 3 is 2.36 bits per heavy atom. The summed E-state index contributed by atoms with van der Waals surface area (Å²) in [5, 5.41) is 2.59. The van der Waals surface area contributed by atoms with Gasteiger partial charge in [0.25, 0.3) is 5.91 Å². The van der Waals surface area contributed by atoms with Crippen LogP contribution in [0.3, 0.4) is 0 Å². The Labute approximate surface area is 163 Å². The van der Waals surface area contributed by atoms with Gasteiger partial charge in [0.15, 0.2) is 6.61 Å². The number of hydrogen-bond acceptors (Lipinski definition) is 6. The van der Waals surface area contributed by atoms with Crippen molar-refractivity contribution in [3.05, 3.63) is 24.3 Å². The molecule has 1 aromatic carbocycles. The standard InChI is InChI=1S/C20H24N2O6/c1-12(22-18(24)13-7-3-4-8-14(13)19(22)25)20(26)28-11-17(23)21-15-9-5-6-10-16(15)27-2/h5-6,9-10,12-14H,3-4,7-8,11H2,1-2H3,(H,21,23)/t12-,13-,14-/m0/s1. The van der Waals surface area contributed by atoms with E-state index in [1.165, 1.54) is 14.0 Å². The van der Waals surface area contributed by atoms with Gasteiger partial charge < -0.3 is 14.8 Å². The van der Waals surface area contributed by atoms with E-state index < -0.39 is 24.5 Å². The van der Waals surface area contributed by atoms with Gasteiger partial charge in [-0.15, -0.1) is 0 Å². The molecule has 1 heterocycles. The van der Waals surface area contributed by atoms with Crippen molar-refractivity contribution in [2.75, 3.05) is 19.0 Å². The maximum absolute atomic E-state index is 12.6. The number of carbonyl (C=O) groups is 4. The second-order valence-corrected chi connectivity index (χ2v) is 7.08. The van der Waals surface area contributed by atoms with Crippen molar-refractivity contribution in [3.63, 3.8) is 0 Å². The molecule has 2 aliphatic rings. The summed E-state index contributed by atoms with van der Waals surface area (Å²) in [5.41, 5.74) is 0.452. The minimum absolute atomic E-state index is 0.308. The molecule has 150 valence electrons. The lowest BCUT2D eigenvalue weighted by molar-refractivity contribution is -0.159. The molecule has 0 unspecified atom stereocenters. The molecule has 28 heavy (non-hydrogen) atoms. The molecule has 2 fully saturated rings. The number of likely N-dealkylation sites (tertiary alicyclic amines) is 1. The minimum Gasteiger partial charge on any atom is -0.495 e. The SMILES string of the molecule is COc1ccccc1NC(=O)COC(=O)[C@H](C)N1C(=O)[C@H]2CCCC[C@@H]2C1=O. The van der Waals surface area contributed by atoms with E-state index in [1.807, 2.05) is 0 Å². The highest BCUT2D eigenvalue weighted by Gasteiger charge is 2.51. The summed E-state index contributed by atoms with van der Waals surface area (Å²) in [7, 11) is 1.48. The Morgan fingerprint density at radius 2 is 1.75 bits per heavy atom. The number of benzene rings is 1. The molecule has 1 N–H and O–H groups in total. The van der Waals surface area contributed by atoms with Gasteiger partial charge in [-0.1, -0.05) is 25.0 Å². The van der Waals surface area contributed by atoms with E-state index >= 15 is 0 Å². The monoisotopic (exact) mass is 388 g/mol. The zero-order valence-electron chi connectivity index (χ0n) is 16.0. The molecule has 8 heteroatoms. The maximum Gasteiger partial charge on any atom is 0.329 e. The van der Waals surface area contributed by atoms with Crippen molar-refractivity contribution in [3.8, 4) is 5.75 Å². The molecule has 1 aromatic rings. The number of hydrogen-bond donors (Lipinski definition) is 1. The van der Waals surface area contributed by atoms with Crippen molar-refractivity contribution in [2.45, 2.75) is 38.6 Å². The Bertz CT molecular complexity index is 769. The van der Waals surface area contributed by atoms with Crippen molar-refractivity contribution < 1.29 is 28.7 Å². The summed E-state index contributed by atoms with van der Waals surface area (Å²) >= 11 is 0.